The Balaban J connectivity index is 2.31. The van der Waals surface area contributed by atoms with E-state index in [2.05, 4.69) is 13.8 Å². The summed E-state index contributed by atoms with van der Waals surface area (Å²) in [7, 11) is 0. The van der Waals surface area contributed by atoms with Crippen molar-refractivity contribution in [3.05, 3.63) is 12.2 Å². The fourth-order valence-electron chi connectivity index (χ4n) is 3.31. The summed E-state index contributed by atoms with van der Waals surface area (Å²) in [5, 5.41) is 9.83. The van der Waals surface area contributed by atoms with Crippen LogP contribution >= 0.6 is 0 Å². The summed E-state index contributed by atoms with van der Waals surface area (Å²) in [4.78, 5) is 11.0. The van der Waals surface area contributed by atoms with E-state index in [-0.39, 0.29) is 28.5 Å². The molecule has 0 bridgehead atoms. The van der Waals surface area contributed by atoms with Crippen molar-refractivity contribution in [3.63, 3.8) is 0 Å². The van der Waals surface area contributed by atoms with E-state index in [1.54, 1.807) is 6.08 Å². The van der Waals surface area contributed by atoms with Gasteiger partial charge in [0.2, 0.25) is 0 Å². The number of aliphatic hydroxyl groups excluding tert-OH is 1. The zero-order chi connectivity index (χ0) is 12.2. The molecule has 0 unspecified atom stereocenters. The molecule has 2 fully saturated rings. The lowest BCUT2D eigenvalue weighted by Gasteiger charge is -2.38. The van der Waals surface area contributed by atoms with Gasteiger partial charge in [-0.25, -0.2) is 0 Å². The summed E-state index contributed by atoms with van der Waals surface area (Å²) in [5.41, 5.74) is -0.809. The smallest absolute Gasteiger partial charge is 0.152 e. The van der Waals surface area contributed by atoms with E-state index in [4.69, 9.17) is 4.74 Å². The number of carbonyl (C=O) groups is 1. The first-order chi connectivity index (χ1) is 7.22. The first-order valence-electron chi connectivity index (χ1n) is 5.80. The van der Waals surface area contributed by atoms with E-state index in [9.17, 15) is 9.90 Å². The van der Waals surface area contributed by atoms with Gasteiger partial charge >= 0.3 is 0 Å². The van der Waals surface area contributed by atoms with Crippen LogP contribution in [0.1, 0.15) is 40.5 Å². The van der Waals surface area contributed by atoms with Crippen LogP contribution in [-0.4, -0.2) is 28.2 Å². The van der Waals surface area contributed by atoms with E-state index >= 15 is 0 Å². The number of ketones is 1. The Morgan fingerprint density at radius 2 is 2.00 bits per heavy atom. The minimum atomic E-state index is -0.370. The van der Waals surface area contributed by atoms with Crippen molar-refractivity contribution in [1.82, 2.24) is 0 Å². The number of ether oxygens (including phenoxy) is 1. The monoisotopic (exact) mass is 224 g/mol. The minimum Gasteiger partial charge on any atom is -0.393 e. The molecule has 3 nitrogen and oxygen atoms in total. The van der Waals surface area contributed by atoms with E-state index < -0.39 is 0 Å². The van der Waals surface area contributed by atoms with Gasteiger partial charge in [-0.2, -0.15) is 0 Å². The van der Waals surface area contributed by atoms with Gasteiger partial charge in [0.25, 0.3) is 0 Å². The summed E-state index contributed by atoms with van der Waals surface area (Å²) in [5.74, 6) is 0.0362. The van der Waals surface area contributed by atoms with E-state index in [1.165, 1.54) is 6.92 Å². The molecule has 90 valence electrons. The molecular weight excluding hydrogens is 204 g/mol. The highest BCUT2D eigenvalue weighted by molar-refractivity contribution is 5.87. The van der Waals surface area contributed by atoms with Crippen LogP contribution in [0.5, 0.6) is 0 Å². The van der Waals surface area contributed by atoms with Gasteiger partial charge < -0.3 is 9.84 Å². The van der Waals surface area contributed by atoms with Gasteiger partial charge in [0.05, 0.1) is 6.10 Å². The van der Waals surface area contributed by atoms with Crippen molar-refractivity contribution in [1.29, 1.82) is 0 Å². The molecule has 1 heterocycles. The van der Waals surface area contributed by atoms with Crippen LogP contribution in [0.25, 0.3) is 0 Å². The highest BCUT2D eigenvalue weighted by Gasteiger charge is 2.74. The maximum Gasteiger partial charge on any atom is 0.152 e. The molecule has 1 saturated heterocycles. The number of rotatable bonds is 2. The van der Waals surface area contributed by atoms with Crippen molar-refractivity contribution in [2.45, 2.75) is 57.8 Å². The number of hydrogen-bond donors (Lipinski definition) is 1. The molecule has 1 aliphatic carbocycles. The van der Waals surface area contributed by atoms with Crippen LogP contribution in [-0.2, 0) is 9.53 Å². The summed E-state index contributed by atoms with van der Waals surface area (Å²) in [6, 6.07) is 0. The van der Waals surface area contributed by atoms with Crippen molar-refractivity contribution in [2.75, 3.05) is 0 Å². The molecule has 2 aliphatic rings. The van der Waals surface area contributed by atoms with Gasteiger partial charge in [-0.1, -0.05) is 13.8 Å². The van der Waals surface area contributed by atoms with Gasteiger partial charge in [0.1, 0.15) is 11.2 Å². The number of hydrogen-bond acceptors (Lipinski definition) is 3. The highest BCUT2D eigenvalue weighted by Crippen LogP contribution is 2.65. The Hall–Kier alpha value is -0.670. The summed E-state index contributed by atoms with van der Waals surface area (Å²) >= 11 is 0. The molecule has 3 atom stereocenters. The van der Waals surface area contributed by atoms with Gasteiger partial charge in [0.15, 0.2) is 5.78 Å². The summed E-state index contributed by atoms with van der Waals surface area (Å²) in [6.07, 6.45) is 4.54. The lowest BCUT2D eigenvalue weighted by molar-refractivity contribution is -0.112. The molecule has 1 saturated carbocycles. The Labute approximate surface area is 96.5 Å². The van der Waals surface area contributed by atoms with Gasteiger partial charge in [-0.15, -0.1) is 0 Å². The Kier molecular flexibility index (Phi) is 2.34. The minimum absolute atomic E-state index is 0.0362. The summed E-state index contributed by atoms with van der Waals surface area (Å²) in [6.45, 7) is 7.73. The second kappa shape index (κ2) is 3.17. The lowest BCUT2D eigenvalue weighted by Crippen LogP contribution is -2.46. The third-order valence-electron chi connectivity index (χ3n) is 4.06. The fraction of sp³-hybridized carbons (Fsp3) is 0.769. The van der Waals surface area contributed by atoms with Crippen molar-refractivity contribution in [3.8, 4) is 0 Å². The molecule has 0 aromatic heterocycles. The number of fused-ring (bicyclic) bond motifs is 1. The SMILES string of the molecule is CC(=O)C=C[C@]12O[C@@]1(C)C[C@@H](O)CC2(C)C. The number of epoxide rings is 1. The quantitative estimate of drug-likeness (QED) is 0.575. The molecule has 3 heteroatoms. The van der Waals surface area contributed by atoms with Crippen LogP contribution in [0.3, 0.4) is 0 Å². The number of carbonyl (C=O) groups excluding carboxylic acids is 1. The molecule has 1 aliphatic heterocycles. The first kappa shape index (κ1) is 11.8. The zero-order valence-corrected chi connectivity index (χ0v) is 10.4. The van der Waals surface area contributed by atoms with E-state index in [1.807, 2.05) is 13.0 Å². The second-order valence-electron chi connectivity index (χ2n) is 5.96. The third kappa shape index (κ3) is 1.45. The van der Waals surface area contributed by atoms with Crippen molar-refractivity contribution >= 4 is 5.78 Å². The molecule has 2 rings (SSSR count). The standard InChI is InChI=1S/C13H20O3/c1-9(14)5-6-13-11(2,3)7-10(15)8-12(13,4)16-13/h5-6,10,15H,7-8H2,1-4H3/t10-,12-,13+/m0/s1. The van der Waals surface area contributed by atoms with Gasteiger partial charge in [-0.05, 0) is 32.4 Å². The average molecular weight is 224 g/mol. The van der Waals surface area contributed by atoms with E-state index in [0.717, 1.165) is 0 Å². The van der Waals surface area contributed by atoms with Crippen molar-refractivity contribution < 1.29 is 14.6 Å². The largest absolute Gasteiger partial charge is 0.393 e. The highest BCUT2D eigenvalue weighted by atomic mass is 16.6. The average Bonchev–Trinajstić information content (AvgIpc) is 2.67. The predicted octanol–water partition coefficient (Wildman–Crippen LogP) is 1.84. The van der Waals surface area contributed by atoms with Crippen LogP contribution < -0.4 is 0 Å². The predicted molar refractivity (Wildman–Crippen MR) is 61.1 cm³/mol. The molecule has 0 radical (unpaired) electrons. The van der Waals surface area contributed by atoms with Crippen LogP contribution in [0.2, 0.25) is 0 Å². The maximum atomic E-state index is 11.0. The fourth-order valence-corrected chi connectivity index (χ4v) is 3.31. The van der Waals surface area contributed by atoms with E-state index in [0.29, 0.717) is 12.8 Å². The molecule has 0 aromatic rings. The molecule has 16 heavy (non-hydrogen) atoms. The molecule has 0 amide bonds. The normalized spacial score (nSPS) is 45.4. The van der Waals surface area contributed by atoms with Crippen LogP contribution in [0, 0.1) is 5.41 Å². The maximum absolute atomic E-state index is 11.0. The Morgan fingerprint density at radius 3 is 2.50 bits per heavy atom. The van der Waals surface area contributed by atoms with Gasteiger partial charge in [0, 0.05) is 11.8 Å². The summed E-state index contributed by atoms with van der Waals surface area (Å²) < 4.78 is 5.89. The zero-order valence-electron chi connectivity index (χ0n) is 10.4. The first-order valence-corrected chi connectivity index (χ1v) is 5.80. The topological polar surface area (TPSA) is 49.8 Å². The van der Waals surface area contributed by atoms with Crippen LogP contribution in [0.15, 0.2) is 12.2 Å². The van der Waals surface area contributed by atoms with Crippen molar-refractivity contribution in [2.24, 2.45) is 5.41 Å². The molecule has 0 aromatic carbocycles. The molecule has 1 N–H and O–H groups in total. The Morgan fingerprint density at radius 1 is 1.38 bits per heavy atom. The molecule has 0 spiro atoms. The lowest BCUT2D eigenvalue weighted by atomic mass is 9.63. The number of allylic oxidation sites excluding steroid dienone is 1. The second-order valence-corrected chi connectivity index (χ2v) is 5.96. The number of aliphatic hydroxyl groups is 1. The van der Waals surface area contributed by atoms with Crippen LogP contribution in [0.4, 0.5) is 0 Å². The third-order valence-corrected chi connectivity index (χ3v) is 4.06. The van der Waals surface area contributed by atoms with Gasteiger partial charge in [-0.3, -0.25) is 4.79 Å². The Bertz CT molecular complexity index is 358. The molecular formula is C13H20O3.